The molecule has 4 nitrogen and oxygen atoms in total. The first kappa shape index (κ1) is 12.0. The van der Waals surface area contributed by atoms with Gasteiger partial charge in [0.05, 0.1) is 12.1 Å². The maximum absolute atomic E-state index is 13.6. The van der Waals surface area contributed by atoms with E-state index in [4.69, 9.17) is 12.2 Å². The zero-order valence-corrected chi connectivity index (χ0v) is 10.6. The minimum absolute atomic E-state index is 0.229. The monoisotopic (exact) mass is 280 g/mol. The van der Waals surface area contributed by atoms with Crippen molar-refractivity contribution in [3.05, 3.63) is 47.0 Å². The molecule has 0 unspecified atom stereocenters. The summed E-state index contributed by atoms with van der Waals surface area (Å²) in [6.07, 6.45) is 3.49. The number of hydrogen-bond acceptors (Lipinski definition) is 2. The van der Waals surface area contributed by atoms with Gasteiger partial charge in [0.25, 0.3) is 0 Å². The number of H-pyrrole nitrogens is 1. The van der Waals surface area contributed by atoms with E-state index in [1.807, 2.05) is 12.3 Å². The lowest BCUT2D eigenvalue weighted by atomic mass is 10.3. The molecule has 0 atom stereocenters. The minimum atomic E-state index is -0.640. The van der Waals surface area contributed by atoms with Crippen molar-refractivity contribution in [1.82, 2.24) is 19.3 Å². The number of imidazole rings is 1. The maximum Gasteiger partial charge on any atom is 0.178 e. The zero-order chi connectivity index (χ0) is 13.4. The Hall–Kier alpha value is -2.02. The second kappa shape index (κ2) is 4.58. The van der Waals surface area contributed by atoms with Gasteiger partial charge < -0.3 is 9.55 Å². The van der Waals surface area contributed by atoms with Crippen LogP contribution in [0.4, 0.5) is 8.78 Å². The standard InChI is InChI=1S/C12H10F2N4S/c13-8-6-9(14)11-10(7-8)18(12(19)16-11)5-4-17-3-1-2-15-17/h1-3,6-7H,4-5H2,(H,16,19). The van der Waals surface area contributed by atoms with Crippen LogP contribution in [-0.2, 0) is 13.1 Å². The summed E-state index contributed by atoms with van der Waals surface area (Å²) >= 11 is 5.14. The first-order chi connectivity index (χ1) is 9.15. The van der Waals surface area contributed by atoms with Gasteiger partial charge in [-0.15, -0.1) is 0 Å². The average Bonchev–Trinajstić information content (AvgIpc) is 2.95. The normalized spacial score (nSPS) is 11.3. The van der Waals surface area contributed by atoms with Gasteiger partial charge in [-0.05, 0) is 24.4 Å². The number of benzene rings is 1. The van der Waals surface area contributed by atoms with E-state index in [2.05, 4.69) is 10.1 Å². The van der Waals surface area contributed by atoms with Crippen molar-refractivity contribution < 1.29 is 8.78 Å². The molecule has 1 N–H and O–H groups in total. The van der Waals surface area contributed by atoms with Gasteiger partial charge in [-0.25, -0.2) is 8.78 Å². The van der Waals surface area contributed by atoms with E-state index in [1.165, 1.54) is 6.07 Å². The number of nitrogens with one attached hydrogen (secondary N) is 1. The third-order valence-electron chi connectivity index (χ3n) is 2.91. The lowest BCUT2D eigenvalue weighted by molar-refractivity contribution is 0.536. The summed E-state index contributed by atoms with van der Waals surface area (Å²) in [6.45, 7) is 1.07. The number of aromatic amines is 1. The smallest absolute Gasteiger partial charge is 0.178 e. The molecule has 7 heteroatoms. The van der Waals surface area contributed by atoms with Gasteiger partial charge in [0.15, 0.2) is 10.6 Å². The molecule has 0 spiro atoms. The third-order valence-corrected chi connectivity index (χ3v) is 3.24. The summed E-state index contributed by atoms with van der Waals surface area (Å²) in [6, 6.07) is 3.92. The Balaban J connectivity index is 2.03. The van der Waals surface area contributed by atoms with Crippen LogP contribution in [0, 0.1) is 16.4 Å². The molecule has 2 aromatic heterocycles. The van der Waals surface area contributed by atoms with Crippen molar-refractivity contribution in [2.75, 3.05) is 0 Å². The van der Waals surface area contributed by atoms with Crippen LogP contribution in [0.15, 0.2) is 30.6 Å². The molecule has 1 aromatic carbocycles. The van der Waals surface area contributed by atoms with Crippen LogP contribution in [0.25, 0.3) is 11.0 Å². The van der Waals surface area contributed by atoms with Gasteiger partial charge in [-0.3, -0.25) is 4.68 Å². The summed E-state index contributed by atoms with van der Waals surface area (Å²) in [5, 5.41) is 4.07. The van der Waals surface area contributed by atoms with Crippen LogP contribution in [0.5, 0.6) is 0 Å². The van der Waals surface area contributed by atoms with Crippen molar-refractivity contribution in [1.29, 1.82) is 0 Å². The number of nitrogens with zero attached hydrogens (tertiary/aromatic N) is 3. The Morgan fingerprint density at radius 3 is 2.84 bits per heavy atom. The van der Waals surface area contributed by atoms with Crippen LogP contribution in [0.1, 0.15) is 0 Å². The van der Waals surface area contributed by atoms with E-state index in [-0.39, 0.29) is 5.52 Å². The van der Waals surface area contributed by atoms with Crippen LogP contribution >= 0.6 is 12.2 Å². The molecular weight excluding hydrogens is 270 g/mol. The number of aromatic nitrogens is 4. The highest BCUT2D eigenvalue weighted by Crippen LogP contribution is 2.19. The molecule has 19 heavy (non-hydrogen) atoms. The fourth-order valence-electron chi connectivity index (χ4n) is 2.04. The number of fused-ring (bicyclic) bond motifs is 1. The maximum atomic E-state index is 13.6. The first-order valence-electron chi connectivity index (χ1n) is 5.70. The SMILES string of the molecule is Fc1cc(F)c2[nH]c(=S)n(CCn3cccn3)c2c1. The molecule has 0 aliphatic heterocycles. The lowest BCUT2D eigenvalue weighted by Crippen LogP contribution is -2.07. The van der Waals surface area contributed by atoms with Crippen LogP contribution in [0.3, 0.4) is 0 Å². The predicted octanol–water partition coefficient (Wildman–Crippen LogP) is 2.87. The molecule has 3 aromatic rings. The predicted molar refractivity (Wildman–Crippen MR) is 69.3 cm³/mol. The van der Waals surface area contributed by atoms with Gasteiger partial charge in [0.1, 0.15) is 11.3 Å². The Morgan fingerprint density at radius 2 is 2.11 bits per heavy atom. The Kier molecular flexibility index (Phi) is 2.90. The molecule has 2 heterocycles. The second-order valence-electron chi connectivity index (χ2n) is 4.13. The third kappa shape index (κ3) is 2.17. The van der Waals surface area contributed by atoms with E-state index >= 15 is 0 Å². The van der Waals surface area contributed by atoms with Crippen molar-refractivity contribution in [3.8, 4) is 0 Å². The summed E-state index contributed by atoms with van der Waals surface area (Å²) < 4.78 is 30.7. The molecule has 0 amide bonds. The van der Waals surface area contributed by atoms with Crippen molar-refractivity contribution >= 4 is 23.3 Å². The summed E-state index contributed by atoms with van der Waals surface area (Å²) in [4.78, 5) is 2.76. The Bertz CT molecular complexity index is 773. The van der Waals surface area contributed by atoms with Crippen LogP contribution < -0.4 is 0 Å². The highest BCUT2D eigenvalue weighted by molar-refractivity contribution is 7.71. The van der Waals surface area contributed by atoms with E-state index in [9.17, 15) is 8.78 Å². The highest BCUT2D eigenvalue weighted by Gasteiger charge is 2.10. The molecule has 0 fully saturated rings. The van der Waals surface area contributed by atoms with Gasteiger partial charge in [-0.1, -0.05) is 0 Å². The quantitative estimate of drug-likeness (QED) is 0.749. The number of aryl methyl sites for hydroxylation is 2. The molecule has 3 rings (SSSR count). The number of hydrogen-bond donors (Lipinski definition) is 1. The van der Waals surface area contributed by atoms with Crippen molar-refractivity contribution in [3.63, 3.8) is 0 Å². The van der Waals surface area contributed by atoms with Gasteiger partial charge in [0, 0.05) is 25.0 Å². The fraction of sp³-hybridized carbons (Fsp3) is 0.167. The number of rotatable bonds is 3. The van der Waals surface area contributed by atoms with E-state index in [0.717, 1.165) is 6.07 Å². The van der Waals surface area contributed by atoms with E-state index in [1.54, 1.807) is 15.4 Å². The zero-order valence-electron chi connectivity index (χ0n) is 9.81. The van der Waals surface area contributed by atoms with Crippen molar-refractivity contribution in [2.24, 2.45) is 0 Å². The summed E-state index contributed by atoms with van der Waals surface area (Å²) in [5.41, 5.74) is 0.654. The second-order valence-corrected chi connectivity index (χ2v) is 4.52. The van der Waals surface area contributed by atoms with E-state index < -0.39 is 11.6 Å². The molecule has 0 aliphatic rings. The van der Waals surface area contributed by atoms with Gasteiger partial charge >= 0.3 is 0 Å². The molecule has 0 bridgehead atoms. The summed E-state index contributed by atoms with van der Waals surface area (Å²) in [7, 11) is 0. The van der Waals surface area contributed by atoms with Gasteiger partial charge in [0.2, 0.25) is 0 Å². The Labute approximate surface area is 112 Å². The molecular formula is C12H10F2N4S. The molecule has 0 saturated heterocycles. The van der Waals surface area contributed by atoms with Crippen LogP contribution in [-0.4, -0.2) is 19.3 Å². The fourth-order valence-corrected chi connectivity index (χ4v) is 2.33. The molecule has 0 saturated carbocycles. The minimum Gasteiger partial charge on any atom is -0.328 e. The van der Waals surface area contributed by atoms with Crippen molar-refractivity contribution in [2.45, 2.75) is 13.1 Å². The number of halogens is 2. The summed E-state index contributed by atoms with van der Waals surface area (Å²) in [5.74, 6) is -1.26. The van der Waals surface area contributed by atoms with E-state index in [0.29, 0.717) is 23.4 Å². The largest absolute Gasteiger partial charge is 0.328 e. The topological polar surface area (TPSA) is 38.5 Å². The molecule has 98 valence electrons. The van der Waals surface area contributed by atoms with Gasteiger partial charge in [-0.2, -0.15) is 5.10 Å². The highest BCUT2D eigenvalue weighted by atomic mass is 32.1. The van der Waals surface area contributed by atoms with Crippen LogP contribution in [0.2, 0.25) is 0 Å². The average molecular weight is 280 g/mol. The molecule has 0 aliphatic carbocycles. The lowest BCUT2D eigenvalue weighted by Gasteiger charge is -2.05. The molecule has 0 radical (unpaired) electrons. The first-order valence-corrected chi connectivity index (χ1v) is 6.11. The Morgan fingerprint density at radius 1 is 1.26 bits per heavy atom.